The molecular weight excluding hydrogens is 358 g/mol. The van der Waals surface area contributed by atoms with Gasteiger partial charge in [0.2, 0.25) is 0 Å². The van der Waals surface area contributed by atoms with E-state index in [2.05, 4.69) is 83.0 Å². The molecule has 2 aromatic rings. The molecule has 2 heterocycles. The molecule has 2 unspecified atom stereocenters. The van der Waals surface area contributed by atoms with Crippen molar-refractivity contribution in [2.75, 3.05) is 20.8 Å². The average molecular weight is 392 g/mol. The Kier molecular flexibility index (Phi) is 4.98. The van der Waals surface area contributed by atoms with Gasteiger partial charge in [0, 0.05) is 43.9 Å². The third-order valence-corrected chi connectivity index (χ3v) is 6.35. The average Bonchev–Trinajstić information content (AvgIpc) is 2.66. The highest BCUT2D eigenvalue weighted by molar-refractivity contribution is 5.96. The summed E-state index contributed by atoms with van der Waals surface area (Å²) in [7, 11) is 4.02. The van der Waals surface area contributed by atoms with E-state index in [1.54, 1.807) is 7.11 Å². The van der Waals surface area contributed by atoms with E-state index in [0.29, 0.717) is 12.0 Å². The molecule has 0 aliphatic carbocycles. The second-order valence-corrected chi connectivity index (χ2v) is 9.57. The number of fused-ring (bicyclic) bond motifs is 2. The molecule has 3 heteroatoms. The van der Waals surface area contributed by atoms with Gasteiger partial charge in [0.05, 0.1) is 5.70 Å². The maximum Gasteiger partial charge on any atom is 0.137 e. The summed E-state index contributed by atoms with van der Waals surface area (Å²) in [5.74, 6) is 2.36. The topological polar surface area (TPSA) is 21.7 Å². The maximum absolute atomic E-state index is 6.56. The molecule has 0 saturated carbocycles. The molecule has 0 spiro atoms. The van der Waals surface area contributed by atoms with Gasteiger partial charge in [-0.3, -0.25) is 0 Å². The fourth-order valence-electron chi connectivity index (χ4n) is 4.88. The summed E-state index contributed by atoms with van der Waals surface area (Å²) in [6, 6.07) is 11.3. The van der Waals surface area contributed by atoms with Crippen LogP contribution in [0.1, 0.15) is 58.1 Å². The normalized spacial score (nSPS) is 22.9. The molecule has 0 N–H and O–H groups in total. The largest absolute Gasteiger partial charge is 0.457 e. The number of ether oxygens (including phenoxy) is 2. The van der Waals surface area contributed by atoms with Crippen molar-refractivity contribution in [3.8, 4) is 5.75 Å². The highest BCUT2D eigenvalue weighted by Crippen LogP contribution is 2.52. The molecular formula is C26H33NO2. The Balaban J connectivity index is 2.04. The van der Waals surface area contributed by atoms with Crippen molar-refractivity contribution >= 4 is 16.5 Å². The molecule has 4 rings (SSSR count). The van der Waals surface area contributed by atoms with Crippen LogP contribution in [0.25, 0.3) is 16.5 Å². The maximum atomic E-state index is 6.56. The number of allylic oxidation sites excluding steroid dienone is 2. The van der Waals surface area contributed by atoms with Crippen LogP contribution in [0, 0.1) is 5.41 Å². The van der Waals surface area contributed by atoms with Crippen molar-refractivity contribution in [3.63, 3.8) is 0 Å². The molecule has 0 aromatic heterocycles. The first-order valence-electron chi connectivity index (χ1n) is 10.6. The minimum absolute atomic E-state index is 0.0498. The molecule has 2 aliphatic rings. The standard InChI is InChI=1S/C26H33NO2/c1-16-22(15-26(3,4)5)29-21-14-18-10-8-9-11-20(18)23-19(12-13-28-7)17(2)27(6)25(16)24(21)23/h8-11,14-15,17,19H,12-13H2,1-7H3/b22-15+. The summed E-state index contributed by atoms with van der Waals surface area (Å²) in [6.07, 6.45) is 3.25. The Bertz CT molecular complexity index is 1010. The number of nitrogens with zero attached hydrogens (tertiary/aromatic N) is 1. The first-order valence-corrected chi connectivity index (χ1v) is 10.6. The lowest BCUT2D eigenvalue weighted by Gasteiger charge is -2.45. The first kappa shape index (κ1) is 20.0. The van der Waals surface area contributed by atoms with Gasteiger partial charge in [-0.15, -0.1) is 0 Å². The van der Waals surface area contributed by atoms with E-state index in [1.807, 2.05) is 0 Å². The molecule has 2 aromatic carbocycles. The van der Waals surface area contributed by atoms with Crippen LogP contribution in [-0.4, -0.2) is 31.7 Å². The van der Waals surface area contributed by atoms with Crippen LogP contribution >= 0.6 is 0 Å². The molecule has 2 aliphatic heterocycles. The fourth-order valence-corrected chi connectivity index (χ4v) is 4.88. The highest BCUT2D eigenvalue weighted by Gasteiger charge is 2.40. The van der Waals surface area contributed by atoms with E-state index in [9.17, 15) is 0 Å². The summed E-state index contributed by atoms with van der Waals surface area (Å²) in [6.45, 7) is 12.0. The van der Waals surface area contributed by atoms with Crippen molar-refractivity contribution < 1.29 is 9.47 Å². The van der Waals surface area contributed by atoms with Crippen molar-refractivity contribution in [2.24, 2.45) is 5.41 Å². The Morgan fingerprint density at radius 3 is 2.62 bits per heavy atom. The molecule has 3 nitrogen and oxygen atoms in total. The Morgan fingerprint density at radius 1 is 1.21 bits per heavy atom. The molecule has 29 heavy (non-hydrogen) atoms. The van der Waals surface area contributed by atoms with Gasteiger partial charge in [-0.05, 0) is 54.2 Å². The van der Waals surface area contributed by atoms with E-state index in [0.717, 1.165) is 24.5 Å². The van der Waals surface area contributed by atoms with Crippen molar-refractivity contribution in [1.29, 1.82) is 0 Å². The van der Waals surface area contributed by atoms with Crippen LogP contribution in [-0.2, 0) is 4.74 Å². The monoisotopic (exact) mass is 391 g/mol. The van der Waals surface area contributed by atoms with Crippen molar-refractivity contribution in [1.82, 2.24) is 4.90 Å². The number of hydrogen-bond donors (Lipinski definition) is 0. The third-order valence-electron chi connectivity index (χ3n) is 6.35. The number of benzene rings is 2. The van der Waals surface area contributed by atoms with Gasteiger partial charge in [-0.25, -0.2) is 0 Å². The lowest BCUT2D eigenvalue weighted by molar-refractivity contribution is 0.171. The molecule has 154 valence electrons. The Hall–Kier alpha value is -2.26. The number of hydrogen-bond acceptors (Lipinski definition) is 3. The SMILES string of the molecule is COCCC1c2c3c(cc4ccccc24)O/C(=C/C(C)(C)C)C(C)=C3N(C)C1C. The zero-order chi connectivity index (χ0) is 20.9. The van der Waals surface area contributed by atoms with E-state index in [1.165, 1.54) is 33.2 Å². The van der Waals surface area contributed by atoms with Gasteiger partial charge in [0.25, 0.3) is 0 Å². The third kappa shape index (κ3) is 3.36. The van der Waals surface area contributed by atoms with Gasteiger partial charge >= 0.3 is 0 Å². The van der Waals surface area contributed by atoms with Gasteiger partial charge < -0.3 is 14.4 Å². The van der Waals surface area contributed by atoms with E-state index >= 15 is 0 Å². The van der Waals surface area contributed by atoms with Crippen molar-refractivity contribution in [2.45, 2.75) is 53.0 Å². The lowest BCUT2D eigenvalue weighted by atomic mass is 9.76. The van der Waals surface area contributed by atoms with Crippen LogP contribution in [0.4, 0.5) is 0 Å². The number of likely N-dealkylation sites (N-methyl/N-ethyl adjacent to an activating group) is 1. The minimum atomic E-state index is 0.0498. The molecule has 0 amide bonds. The van der Waals surface area contributed by atoms with Crippen LogP contribution in [0.15, 0.2) is 47.7 Å². The highest BCUT2D eigenvalue weighted by atomic mass is 16.5. The predicted octanol–water partition coefficient (Wildman–Crippen LogP) is 6.35. The zero-order valence-electron chi connectivity index (χ0n) is 18.8. The smallest absolute Gasteiger partial charge is 0.137 e. The number of methoxy groups -OCH3 is 1. The Labute approximate surface area is 175 Å². The summed E-state index contributed by atoms with van der Waals surface area (Å²) >= 11 is 0. The Morgan fingerprint density at radius 2 is 1.93 bits per heavy atom. The summed E-state index contributed by atoms with van der Waals surface area (Å²) in [5.41, 5.74) is 5.28. The lowest BCUT2D eigenvalue weighted by Crippen LogP contribution is -2.40. The quantitative estimate of drug-likeness (QED) is 0.609. The van der Waals surface area contributed by atoms with Gasteiger partial charge in [0.15, 0.2) is 0 Å². The van der Waals surface area contributed by atoms with E-state index < -0.39 is 0 Å². The van der Waals surface area contributed by atoms with Gasteiger partial charge in [-0.1, -0.05) is 45.0 Å². The molecule has 0 fully saturated rings. The molecule has 0 saturated heterocycles. The second-order valence-electron chi connectivity index (χ2n) is 9.57. The van der Waals surface area contributed by atoms with Gasteiger partial charge in [0.1, 0.15) is 11.5 Å². The number of rotatable bonds is 3. The molecule has 0 radical (unpaired) electrons. The van der Waals surface area contributed by atoms with Gasteiger partial charge in [-0.2, -0.15) is 0 Å². The predicted molar refractivity (Wildman–Crippen MR) is 121 cm³/mol. The molecule has 0 bridgehead atoms. The van der Waals surface area contributed by atoms with E-state index in [-0.39, 0.29) is 5.41 Å². The fraction of sp³-hybridized carbons (Fsp3) is 0.462. The van der Waals surface area contributed by atoms with Crippen LogP contribution in [0.2, 0.25) is 0 Å². The second kappa shape index (κ2) is 7.21. The van der Waals surface area contributed by atoms with Crippen molar-refractivity contribution in [3.05, 3.63) is 58.9 Å². The van der Waals surface area contributed by atoms with E-state index in [4.69, 9.17) is 9.47 Å². The zero-order valence-corrected chi connectivity index (χ0v) is 18.8. The van der Waals surface area contributed by atoms with Crippen LogP contribution in [0.5, 0.6) is 5.75 Å². The summed E-state index contributed by atoms with van der Waals surface area (Å²) in [4.78, 5) is 2.45. The summed E-state index contributed by atoms with van der Waals surface area (Å²) in [5, 5.41) is 2.58. The van der Waals surface area contributed by atoms with Crippen LogP contribution < -0.4 is 4.74 Å². The minimum Gasteiger partial charge on any atom is -0.457 e. The van der Waals surface area contributed by atoms with Crippen LogP contribution in [0.3, 0.4) is 0 Å². The molecule has 2 atom stereocenters. The summed E-state index contributed by atoms with van der Waals surface area (Å²) < 4.78 is 12.0. The first-order chi connectivity index (χ1) is 13.7.